The summed E-state index contributed by atoms with van der Waals surface area (Å²) in [6.07, 6.45) is 3.71. The first-order valence-corrected chi connectivity index (χ1v) is 18.9. The molecule has 22 heteroatoms. The molecule has 0 unspecified atom stereocenters. The van der Waals surface area contributed by atoms with Crippen LogP contribution in [0.3, 0.4) is 0 Å². The SMILES string of the molecule is F[B-](F)(F)F.F[B-](F)(F)F.[Pd].[Pd].c1ccc([PH+](CC2=NCCO2)CC2=NCCO2)cc1.c1ccc([PH+](CC2=NCCO2)CC2=NCCO2)cc1. The number of ether oxygens (including phenoxy) is 4. The van der Waals surface area contributed by atoms with Gasteiger partial charge in [0.2, 0.25) is 23.6 Å². The van der Waals surface area contributed by atoms with E-state index >= 15 is 0 Å². The van der Waals surface area contributed by atoms with Gasteiger partial charge in [0, 0.05) is 40.8 Å². The summed E-state index contributed by atoms with van der Waals surface area (Å²) in [6, 6.07) is 21.2. The quantitative estimate of drug-likeness (QED) is 0.183. The number of nitrogens with zero attached hydrogens (tertiary/aromatic N) is 4. The largest absolute Gasteiger partial charge is 0.673 e. The Morgan fingerprint density at radius 2 is 0.660 bits per heavy atom. The number of halogens is 8. The second kappa shape index (κ2) is 24.3. The van der Waals surface area contributed by atoms with Crippen LogP contribution in [0.5, 0.6) is 0 Å². The zero-order valence-corrected chi connectivity index (χ0v) is 31.6. The topological polar surface area (TPSA) is 86.4 Å². The molecule has 0 N–H and O–H groups in total. The third kappa shape index (κ3) is 21.4. The number of benzene rings is 2. The summed E-state index contributed by atoms with van der Waals surface area (Å²) in [4.78, 5) is 17.7. The standard InChI is InChI=1S/2C14H17N2O2P.2BF4.2Pd/c2*1-2-4-12(5-3-1)19(10-13-15-6-8-17-13)11-14-16-7-9-18-14;2*2-1(3,4)5;;/h2*1-5H,6-11H2;;;;/q;;2*-1;;/p+2. The number of hydrogen-bond donors (Lipinski definition) is 0. The van der Waals surface area contributed by atoms with E-state index < -0.39 is 30.4 Å². The van der Waals surface area contributed by atoms with E-state index in [-0.39, 0.29) is 40.8 Å². The number of rotatable bonds is 10. The van der Waals surface area contributed by atoms with Gasteiger partial charge in [0.05, 0.1) is 52.6 Å². The van der Waals surface area contributed by atoms with Crippen LogP contribution in [0.4, 0.5) is 34.5 Å². The van der Waals surface area contributed by atoms with Crippen LogP contribution in [-0.2, 0) is 59.8 Å². The molecule has 0 aliphatic carbocycles. The van der Waals surface area contributed by atoms with Gasteiger partial charge in [-0.15, -0.1) is 0 Å². The van der Waals surface area contributed by atoms with Crippen LogP contribution in [0.15, 0.2) is 80.6 Å². The van der Waals surface area contributed by atoms with E-state index in [0.29, 0.717) is 0 Å². The summed E-state index contributed by atoms with van der Waals surface area (Å²) in [6.45, 7) is 6.14. The monoisotopic (exact) mass is 940 g/mol. The van der Waals surface area contributed by atoms with E-state index in [0.717, 1.165) is 101 Å². The maximum atomic E-state index is 9.75. The average molecular weight is 941 g/mol. The summed E-state index contributed by atoms with van der Waals surface area (Å²) in [5, 5.41) is 2.78. The molecule has 0 saturated carbocycles. The predicted molar refractivity (Wildman–Crippen MR) is 182 cm³/mol. The van der Waals surface area contributed by atoms with E-state index in [9.17, 15) is 34.5 Å². The third-order valence-corrected chi connectivity index (χ3v) is 11.6. The molecule has 8 nitrogen and oxygen atoms in total. The smallest absolute Gasteiger partial charge is 0.476 e. The predicted octanol–water partition coefficient (Wildman–Crippen LogP) is 5.36. The molecule has 6 rings (SSSR count). The van der Waals surface area contributed by atoms with E-state index in [1.807, 2.05) is 0 Å². The minimum Gasteiger partial charge on any atom is -0.476 e. The van der Waals surface area contributed by atoms with Crippen LogP contribution < -0.4 is 10.6 Å². The Morgan fingerprint density at radius 3 is 0.840 bits per heavy atom. The fourth-order valence-corrected chi connectivity index (χ4v) is 9.27. The Morgan fingerprint density at radius 1 is 0.440 bits per heavy atom. The van der Waals surface area contributed by atoms with Crippen LogP contribution in [-0.4, -0.2) is 115 Å². The van der Waals surface area contributed by atoms with Gasteiger partial charge >= 0.3 is 14.5 Å². The second-order valence-corrected chi connectivity index (χ2v) is 15.1. The summed E-state index contributed by atoms with van der Waals surface area (Å²) in [7, 11) is -13.6. The molecule has 284 valence electrons. The maximum absolute atomic E-state index is 9.75. The molecule has 0 atom stereocenters. The van der Waals surface area contributed by atoms with Gasteiger partial charge in [0.15, 0.2) is 0 Å². The Kier molecular flexibility index (Phi) is 22.4. The van der Waals surface area contributed by atoms with Crippen molar-refractivity contribution in [1.29, 1.82) is 0 Å². The minimum absolute atomic E-state index is 0. The van der Waals surface area contributed by atoms with Gasteiger partial charge in [-0.3, -0.25) is 0 Å². The number of hydrogen-bond acceptors (Lipinski definition) is 8. The van der Waals surface area contributed by atoms with Crippen molar-refractivity contribution in [2.45, 2.75) is 0 Å². The molecule has 0 spiro atoms. The minimum atomic E-state index is -6.00. The van der Waals surface area contributed by atoms with E-state index in [1.165, 1.54) is 10.6 Å². The molecule has 0 fully saturated rings. The second-order valence-electron chi connectivity index (χ2n) is 10.1. The Hall–Kier alpha value is -1.93. The first-order chi connectivity index (χ1) is 22.8. The van der Waals surface area contributed by atoms with Gasteiger partial charge in [0.25, 0.3) is 0 Å². The molecule has 0 bridgehead atoms. The Bertz CT molecular complexity index is 1220. The molecule has 2 aromatic rings. The van der Waals surface area contributed by atoms with Gasteiger partial charge in [-0.05, 0) is 24.3 Å². The molecule has 4 aliphatic heterocycles. The normalized spacial score (nSPS) is 16.0. The van der Waals surface area contributed by atoms with Crippen molar-refractivity contribution in [1.82, 2.24) is 0 Å². The Labute approximate surface area is 315 Å². The first kappa shape index (κ1) is 46.1. The molecule has 0 saturated heterocycles. The van der Waals surface area contributed by atoms with Gasteiger partial charge in [-0.1, -0.05) is 36.4 Å². The van der Waals surface area contributed by atoms with Crippen LogP contribution in [0.1, 0.15) is 0 Å². The van der Waals surface area contributed by atoms with E-state index in [2.05, 4.69) is 80.6 Å². The van der Waals surface area contributed by atoms with E-state index in [1.54, 1.807) is 0 Å². The van der Waals surface area contributed by atoms with Crippen LogP contribution >= 0.6 is 15.8 Å². The summed E-state index contributed by atoms with van der Waals surface area (Å²) in [5.41, 5.74) is 0. The van der Waals surface area contributed by atoms with Gasteiger partial charge in [0.1, 0.15) is 51.1 Å². The molecular formula is C28H36B2F8N4O4P2Pd2. The van der Waals surface area contributed by atoms with Crippen molar-refractivity contribution in [3.8, 4) is 0 Å². The zero-order valence-electron chi connectivity index (χ0n) is 26.5. The average Bonchev–Trinajstić information content (AvgIpc) is 3.86. The first-order valence-electron chi connectivity index (χ1n) is 15.0. The number of aliphatic imine (C=N–C) groups is 4. The van der Waals surface area contributed by atoms with Gasteiger partial charge in [-0.2, -0.15) is 0 Å². The fraction of sp³-hybridized carbons (Fsp3) is 0.429. The Balaban J connectivity index is 0.000000383. The maximum Gasteiger partial charge on any atom is 0.673 e. The summed E-state index contributed by atoms with van der Waals surface area (Å²) < 4.78 is 100. The van der Waals surface area contributed by atoms with Crippen LogP contribution in [0.25, 0.3) is 0 Å². The summed E-state index contributed by atoms with van der Waals surface area (Å²) in [5.74, 6) is 3.65. The van der Waals surface area contributed by atoms with Crippen molar-refractivity contribution < 1.29 is 94.3 Å². The molecule has 0 amide bonds. The molecule has 0 aromatic heterocycles. The molecule has 4 aliphatic rings. The third-order valence-electron chi connectivity index (χ3n) is 6.42. The van der Waals surface area contributed by atoms with Gasteiger partial charge in [-0.25, -0.2) is 20.0 Å². The van der Waals surface area contributed by atoms with Crippen molar-refractivity contribution >= 4 is 64.6 Å². The van der Waals surface area contributed by atoms with Crippen LogP contribution in [0.2, 0.25) is 0 Å². The summed E-state index contributed by atoms with van der Waals surface area (Å²) >= 11 is 0. The van der Waals surface area contributed by atoms with Crippen molar-refractivity contribution in [3.05, 3.63) is 60.7 Å². The van der Waals surface area contributed by atoms with Crippen molar-refractivity contribution in [2.75, 3.05) is 77.3 Å². The fourth-order valence-electron chi connectivity index (χ4n) is 4.56. The molecule has 0 radical (unpaired) electrons. The van der Waals surface area contributed by atoms with Gasteiger partial charge < -0.3 is 53.5 Å². The van der Waals surface area contributed by atoms with Crippen molar-refractivity contribution in [2.24, 2.45) is 20.0 Å². The van der Waals surface area contributed by atoms with Crippen LogP contribution in [0, 0.1) is 0 Å². The zero-order chi connectivity index (χ0) is 34.8. The molecular weight excluding hydrogens is 905 g/mol. The molecule has 4 heterocycles. The van der Waals surface area contributed by atoms with Crippen molar-refractivity contribution in [3.63, 3.8) is 0 Å². The van der Waals surface area contributed by atoms with E-state index in [4.69, 9.17) is 18.9 Å². The molecule has 2 aromatic carbocycles. The molecule has 50 heavy (non-hydrogen) atoms.